The summed E-state index contributed by atoms with van der Waals surface area (Å²) in [6.45, 7) is 0. The van der Waals surface area contributed by atoms with Crippen LogP contribution in [0.3, 0.4) is 0 Å². The standard InChI is InChI=1S/C16H11Cl2F4NOS/c17-11-2-1-3-13(19)10(11)7-25-8-15(24)23-14-6-9(16(20,21)22)4-5-12(14)18/h1-6H,7-8H2,(H,23,24). The van der Waals surface area contributed by atoms with Gasteiger partial charge in [0.1, 0.15) is 5.82 Å². The molecule has 2 rings (SSSR count). The molecule has 1 amide bonds. The Balaban J connectivity index is 1.97. The van der Waals surface area contributed by atoms with E-state index in [4.69, 9.17) is 23.2 Å². The molecule has 0 bridgehead atoms. The number of benzene rings is 2. The zero-order chi connectivity index (χ0) is 18.6. The predicted octanol–water partition coefficient (Wildman–Crippen LogP) is 6.02. The van der Waals surface area contributed by atoms with Gasteiger partial charge in [0.05, 0.1) is 22.0 Å². The third-order valence-corrected chi connectivity index (χ3v) is 4.75. The number of rotatable bonds is 5. The summed E-state index contributed by atoms with van der Waals surface area (Å²) in [6.07, 6.45) is -4.54. The number of alkyl halides is 3. The largest absolute Gasteiger partial charge is 0.416 e. The summed E-state index contributed by atoms with van der Waals surface area (Å²) >= 11 is 12.8. The normalized spacial score (nSPS) is 11.4. The zero-order valence-corrected chi connectivity index (χ0v) is 14.8. The average molecular weight is 412 g/mol. The maximum Gasteiger partial charge on any atom is 0.416 e. The molecule has 0 aromatic heterocycles. The van der Waals surface area contributed by atoms with Crippen molar-refractivity contribution in [3.63, 3.8) is 0 Å². The fraction of sp³-hybridized carbons (Fsp3) is 0.188. The van der Waals surface area contributed by atoms with Crippen LogP contribution in [0.2, 0.25) is 10.0 Å². The minimum Gasteiger partial charge on any atom is -0.324 e. The van der Waals surface area contributed by atoms with Gasteiger partial charge in [0.15, 0.2) is 0 Å². The van der Waals surface area contributed by atoms with Crippen molar-refractivity contribution in [3.8, 4) is 0 Å². The lowest BCUT2D eigenvalue weighted by Crippen LogP contribution is -2.15. The predicted molar refractivity (Wildman–Crippen MR) is 92.7 cm³/mol. The highest BCUT2D eigenvalue weighted by Gasteiger charge is 2.31. The van der Waals surface area contributed by atoms with E-state index in [1.807, 2.05) is 0 Å². The summed E-state index contributed by atoms with van der Waals surface area (Å²) in [6, 6.07) is 6.90. The Morgan fingerprint density at radius 3 is 2.48 bits per heavy atom. The molecule has 0 spiro atoms. The van der Waals surface area contributed by atoms with E-state index in [0.29, 0.717) is 0 Å². The molecule has 0 aliphatic rings. The first-order chi connectivity index (χ1) is 11.7. The van der Waals surface area contributed by atoms with Crippen molar-refractivity contribution in [1.29, 1.82) is 0 Å². The molecule has 2 aromatic carbocycles. The Labute approximate surface area is 155 Å². The quantitative estimate of drug-likeness (QED) is 0.609. The summed E-state index contributed by atoms with van der Waals surface area (Å²) in [4.78, 5) is 11.9. The first-order valence-electron chi connectivity index (χ1n) is 6.85. The first-order valence-corrected chi connectivity index (χ1v) is 8.77. The Morgan fingerprint density at radius 2 is 1.84 bits per heavy atom. The van der Waals surface area contributed by atoms with Gasteiger partial charge in [-0.2, -0.15) is 13.2 Å². The van der Waals surface area contributed by atoms with Crippen LogP contribution in [0.15, 0.2) is 36.4 Å². The molecular formula is C16H11Cl2F4NOS. The topological polar surface area (TPSA) is 29.1 Å². The van der Waals surface area contributed by atoms with Crippen LogP contribution in [0, 0.1) is 5.82 Å². The Morgan fingerprint density at radius 1 is 1.12 bits per heavy atom. The van der Waals surface area contributed by atoms with Gasteiger partial charge in [-0.1, -0.05) is 29.3 Å². The van der Waals surface area contributed by atoms with Gasteiger partial charge in [0.2, 0.25) is 5.91 Å². The van der Waals surface area contributed by atoms with E-state index < -0.39 is 23.5 Å². The van der Waals surface area contributed by atoms with Crippen LogP contribution in [-0.4, -0.2) is 11.7 Å². The number of carbonyl (C=O) groups excluding carboxylic acids is 1. The molecule has 9 heteroatoms. The van der Waals surface area contributed by atoms with Gasteiger partial charge < -0.3 is 5.32 Å². The van der Waals surface area contributed by atoms with Crippen LogP contribution in [0.25, 0.3) is 0 Å². The van der Waals surface area contributed by atoms with E-state index in [9.17, 15) is 22.4 Å². The van der Waals surface area contributed by atoms with E-state index in [2.05, 4.69) is 5.32 Å². The number of nitrogens with one attached hydrogen (secondary N) is 1. The molecule has 0 saturated heterocycles. The molecule has 0 aliphatic carbocycles. The van der Waals surface area contributed by atoms with Crippen LogP contribution in [0.5, 0.6) is 0 Å². The van der Waals surface area contributed by atoms with E-state index in [0.717, 1.165) is 30.0 Å². The molecule has 0 saturated carbocycles. The second-order valence-electron chi connectivity index (χ2n) is 4.93. The van der Waals surface area contributed by atoms with E-state index in [1.54, 1.807) is 0 Å². The highest BCUT2D eigenvalue weighted by Crippen LogP contribution is 2.34. The molecule has 0 atom stereocenters. The summed E-state index contributed by atoms with van der Waals surface area (Å²) in [5, 5.41) is 2.55. The third kappa shape index (κ3) is 5.52. The number of thioether (sulfide) groups is 1. The van der Waals surface area contributed by atoms with E-state index in [-0.39, 0.29) is 32.8 Å². The second kappa shape index (κ2) is 8.29. The van der Waals surface area contributed by atoms with Crippen molar-refractivity contribution in [2.24, 2.45) is 0 Å². The number of hydrogen-bond donors (Lipinski definition) is 1. The highest BCUT2D eigenvalue weighted by atomic mass is 35.5. The number of anilines is 1. The second-order valence-corrected chi connectivity index (χ2v) is 6.73. The van der Waals surface area contributed by atoms with E-state index >= 15 is 0 Å². The molecule has 0 heterocycles. The lowest BCUT2D eigenvalue weighted by molar-refractivity contribution is -0.137. The third-order valence-electron chi connectivity index (χ3n) is 3.11. The average Bonchev–Trinajstić information content (AvgIpc) is 2.51. The first kappa shape index (κ1) is 19.9. The van der Waals surface area contributed by atoms with Gasteiger partial charge in [-0.15, -0.1) is 11.8 Å². The molecule has 0 aliphatic heterocycles. The van der Waals surface area contributed by atoms with Gasteiger partial charge in [-0.05, 0) is 30.3 Å². The van der Waals surface area contributed by atoms with Crippen LogP contribution >= 0.6 is 35.0 Å². The number of amides is 1. The monoisotopic (exact) mass is 411 g/mol. The van der Waals surface area contributed by atoms with E-state index in [1.165, 1.54) is 18.2 Å². The smallest absolute Gasteiger partial charge is 0.324 e. The molecule has 2 nitrogen and oxygen atoms in total. The van der Waals surface area contributed by atoms with Crippen LogP contribution in [0.4, 0.5) is 23.2 Å². The van der Waals surface area contributed by atoms with Gasteiger partial charge in [0.25, 0.3) is 0 Å². The number of halogens is 6. The van der Waals surface area contributed by atoms with Crippen LogP contribution < -0.4 is 5.32 Å². The van der Waals surface area contributed by atoms with Crippen molar-refractivity contribution in [2.45, 2.75) is 11.9 Å². The van der Waals surface area contributed by atoms with Crippen LogP contribution in [-0.2, 0) is 16.7 Å². The minimum absolute atomic E-state index is 0.0106. The maximum absolute atomic E-state index is 13.6. The molecule has 25 heavy (non-hydrogen) atoms. The van der Waals surface area contributed by atoms with Crippen molar-refractivity contribution >= 4 is 46.6 Å². The number of carbonyl (C=O) groups is 1. The fourth-order valence-electron chi connectivity index (χ4n) is 1.90. The summed E-state index contributed by atoms with van der Waals surface area (Å²) in [7, 11) is 0. The van der Waals surface area contributed by atoms with Gasteiger partial charge >= 0.3 is 6.18 Å². The molecule has 0 fully saturated rings. The molecule has 2 aromatic rings. The van der Waals surface area contributed by atoms with Gasteiger partial charge in [-0.3, -0.25) is 4.79 Å². The highest BCUT2D eigenvalue weighted by molar-refractivity contribution is 7.99. The molecular weight excluding hydrogens is 401 g/mol. The van der Waals surface area contributed by atoms with Crippen molar-refractivity contribution in [2.75, 3.05) is 11.1 Å². The molecule has 0 radical (unpaired) electrons. The van der Waals surface area contributed by atoms with Crippen LogP contribution in [0.1, 0.15) is 11.1 Å². The lowest BCUT2D eigenvalue weighted by atomic mass is 10.2. The molecule has 0 unspecified atom stereocenters. The minimum atomic E-state index is -4.54. The Kier molecular flexibility index (Phi) is 6.59. The van der Waals surface area contributed by atoms with Gasteiger partial charge in [0, 0.05) is 16.3 Å². The summed E-state index contributed by atoms with van der Waals surface area (Å²) < 4.78 is 51.7. The van der Waals surface area contributed by atoms with Gasteiger partial charge in [-0.25, -0.2) is 4.39 Å². The maximum atomic E-state index is 13.6. The SMILES string of the molecule is O=C(CSCc1c(F)cccc1Cl)Nc1cc(C(F)(F)F)ccc1Cl. The summed E-state index contributed by atoms with van der Waals surface area (Å²) in [5.74, 6) is -0.994. The van der Waals surface area contributed by atoms with Crippen molar-refractivity contribution in [1.82, 2.24) is 0 Å². The summed E-state index contributed by atoms with van der Waals surface area (Å²) in [5.41, 5.74) is -0.789. The fourth-order valence-corrected chi connectivity index (χ4v) is 3.23. The van der Waals surface area contributed by atoms with Crippen molar-refractivity contribution in [3.05, 3.63) is 63.4 Å². The Bertz CT molecular complexity index is 763. The Hall–Kier alpha value is -1.44. The molecule has 134 valence electrons. The number of hydrogen-bond acceptors (Lipinski definition) is 2. The lowest BCUT2D eigenvalue weighted by Gasteiger charge is -2.12. The molecule has 1 N–H and O–H groups in total. The zero-order valence-electron chi connectivity index (χ0n) is 12.5. The van der Waals surface area contributed by atoms with Crippen molar-refractivity contribution < 1.29 is 22.4 Å².